The van der Waals surface area contributed by atoms with Crippen LogP contribution in [0.3, 0.4) is 0 Å². The number of hydrogen-bond donors (Lipinski definition) is 1. The Balaban J connectivity index is 3.29. The largest absolute Gasteiger partial charge is 0.395 e. The first-order valence-corrected chi connectivity index (χ1v) is 7.22. The minimum absolute atomic E-state index is 0.0415. The van der Waals surface area contributed by atoms with Gasteiger partial charge in [-0.1, -0.05) is 37.0 Å². The van der Waals surface area contributed by atoms with Gasteiger partial charge in [0.15, 0.2) is 0 Å². The second-order valence-electron chi connectivity index (χ2n) is 4.40. The van der Waals surface area contributed by atoms with Gasteiger partial charge in [-0.25, -0.2) is 0 Å². The van der Waals surface area contributed by atoms with E-state index in [9.17, 15) is 15.2 Å². The monoisotopic (exact) mass is 320 g/mol. The van der Waals surface area contributed by atoms with Gasteiger partial charge in [0.2, 0.25) is 0 Å². The minimum Gasteiger partial charge on any atom is -0.395 e. The van der Waals surface area contributed by atoms with Crippen molar-refractivity contribution in [2.75, 3.05) is 18.1 Å². The summed E-state index contributed by atoms with van der Waals surface area (Å²) in [6.07, 6.45) is 1.72. The molecule has 0 atom stereocenters. The highest BCUT2D eigenvalue weighted by Gasteiger charge is 2.23. The molecule has 0 bridgehead atoms. The molecule has 0 unspecified atom stereocenters. The van der Waals surface area contributed by atoms with Crippen molar-refractivity contribution in [2.45, 2.75) is 32.7 Å². The maximum atomic E-state index is 10.8. The van der Waals surface area contributed by atoms with Gasteiger partial charge in [-0.2, -0.15) is 0 Å². The lowest BCUT2D eigenvalue weighted by molar-refractivity contribution is -0.384. The first-order valence-electron chi connectivity index (χ1n) is 6.47. The first-order chi connectivity index (χ1) is 9.46. The van der Waals surface area contributed by atoms with Crippen molar-refractivity contribution in [3.05, 3.63) is 32.3 Å². The Morgan fingerprint density at radius 3 is 2.15 bits per heavy atom. The summed E-state index contributed by atoms with van der Waals surface area (Å²) < 4.78 is 0. The highest BCUT2D eigenvalue weighted by atomic mass is 35.5. The third-order valence-corrected chi connectivity index (χ3v) is 3.80. The molecule has 0 aliphatic heterocycles. The minimum atomic E-state index is -0.533. The van der Waals surface area contributed by atoms with E-state index >= 15 is 0 Å². The molecule has 7 heteroatoms. The fourth-order valence-electron chi connectivity index (χ4n) is 2.25. The lowest BCUT2D eigenvalue weighted by Crippen LogP contribution is -2.37. The Hall–Kier alpha value is -1.04. The van der Waals surface area contributed by atoms with Crippen LogP contribution < -0.4 is 4.90 Å². The Kier molecular flexibility index (Phi) is 6.52. The number of benzene rings is 1. The highest BCUT2D eigenvalue weighted by molar-refractivity contribution is 6.39. The summed E-state index contributed by atoms with van der Waals surface area (Å²) in [5.74, 6) is 0. The molecule has 0 fully saturated rings. The number of hydrogen-bond acceptors (Lipinski definition) is 4. The van der Waals surface area contributed by atoms with Gasteiger partial charge in [0.05, 0.1) is 27.3 Å². The highest BCUT2D eigenvalue weighted by Crippen LogP contribution is 2.38. The van der Waals surface area contributed by atoms with Crippen molar-refractivity contribution in [1.29, 1.82) is 0 Å². The van der Waals surface area contributed by atoms with Crippen molar-refractivity contribution >= 4 is 34.6 Å². The first kappa shape index (κ1) is 17.0. The molecule has 20 heavy (non-hydrogen) atoms. The van der Waals surface area contributed by atoms with E-state index in [-0.39, 0.29) is 28.4 Å². The quantitative estimate of drug-likeness (QED) is 0.611. The summed E-state index contributed by atoms with van der Waals surface area (Å²) in [5.41, 5.74) is 0.402. The number of nitro benzene ring substituents is 1. The number of rotatable bonds is 7. The van der Waals surface area contributed by atoms with Gasteiger partial charge < -0.3 is 10.0 Å². The molecule has 1 rings (SSSR count). The summed E-state index contributed by atoms with van der Waals surface area (Å²) >= 11 is 12.3. The normalized spacial score (nSPS) is 10.9. The Morgan fingerprint density at radius 1 is 1.30 bits per heavy atom. The third kappa shape index (κ3) is 3.75. The van der Waals surface area contributed by atoms with E-state index in [4.69, 9.17) is 23.2 Å². The Labute approximate surface area is 128 Å². The Bertz CT molecular complexity index is 456. The van der Waals surface area contributed by atoms with E-state index < -0.39 is 4.92 Å². The molecule has 0 aliphatic carbocycles. The van der Waals surface area contributed by atoms with Crippen LogP contribution in [0.2, 0.25) is 10.0 Å². The summed E-state index contributed by atoms with van der Waals surface area (Å²) in [4.78, 5) is 12.2. The predicted molar refractivity (Wildman–Crippen MR) is 81.9 cm³/mol. The summed E-state index contributed by atoms with van der Waals surface area (Å²) in [6.45, 7) is 4.40. The molecule has 1 N–H and O–H groups in total. The second kappa shape index (κ2) is 7.67. The zero-order valence-corrected chi connectivity index (χ0v) is 13.0. The van der Waals surface area contributed by atoms with Gasteiger partial charge in [0, 0.05) is 24.7 Å². The van der Waals surface area contributed by atoms with Gasteiger partial charge in [0.1, 0.15) is 0 Å². The number of nitrogens with zero attached hydrogens (tertiary/aromatic N) is 2. The fraction of sp³-hybridized carbons (Fsp3) is 0.538. The number of halogens is 2. The zero-order valence-electron chi connectivity index (χ0n) is 11.5. The molecule has 0 amide bonds. The molecule has 1 aromatic carbocycles. The van der Waals surface area contributed by atoms with Crippen LogP contribution in [0.25, 0.3) is 0 Å². The molecule has 0 saturated heterocycles. The van der Waals surface area contributed by atoms with Crippen LogP contribution in [-0.4, -0.2) is 29.2 Å². The van der Waals surface area contributed by atoms with Crippen molar-refractivity contribution in [1.82, 2.24) is 0 Å². The molecular formula is C13H18Cl2N2O3. The van der Waals surface area contributed by atoms with Crippen molar-refractivity contribution < 1.29 is 10.0 Å². The number of anilines is 1. The molecule has 112 valence electrons. The van der Waals surface area contributed by atoms with Gasteiger partial charge in [0.25, 0.3) is 5.69 Å². The molecular weight excluding hydrogens is 303 g/mol. The number of nitro groups is 1. The molecule has 0 aliphatic rings. The average Bonchev–Trinajstić information content (AvgIpc) is 2.39. The van der Waals surface area contributed by atoms with E-state index in [1.54, 1.807) is 0 Å². The van der Waals surface area contributed by atoms with Crippen LogP contribution in [0.5, 0.6) is 0 Å². The van der Waals surface area contributed by atoms with Crippen LogP contribution in [0, 0.1) is 10.1 Å². The standard InChI is InChI=1S/C13H18Cl2N2O3/c1-3-9(4-2)16(5-6-18)13-11(14)7-10(17(19)20)8-12(13)15/h7-9,18H,3-6H2,1-2H3. The SMILES string of the molecule is CCC(CC)N(CCO)c1c(Cl)cc([N+](=O)[O-])cc1Cl. The van der Waals surface area contributed by atoms with Gasteiger partial charge in [-0.15, -0.1) is 0 Å². The van der Waals surface area contributed by atoms with Crippen molar-refractivity contribution in [3.63, 3.8) is 0 Å². The smallest absolute Gasteiger partial charge is 0.272 e. The summed E-state index contributed by atoms with van der Waals surface area (Å²) in [7, 11) is 0. The Morgan fingerprint density at radius 2 is 1.80 bits per heavy atom. The number of aliphatic hydroxyl groups is 1. The van der Waals surface area contributed by atoms with E-state index in [1.807, 2.05) is 18.7 Å². The fourth-order valence-corrected chi connectivity index (χ4v) is 2.94. The van der Waals surface area contributed by atoms with Crippen molar-refractivity contribution in [2.24, 2.45) is 0 Å². The third-order valence-electron chi connectivity index (χ3n) is 3.22. The topological polar surface area (TPSA) is 66.6 Å². The van der Waals surface area contributed by atoms with E-state index in [0.717, 1.165) is 12.8 Å². The van der Waals surface area contributed by atoms with Crippen LogP contribution in [0.1, 0.15) is 26.7 Å². The van der Waals surface area contributed by atoms with Gasteiger partial charge in [-0.3, -0.25) is 10.1 Å². The van der Waals surface area contributed by atoms with Crippen LogP contribution in [0.15, 0.2) is 12.1 Å². The summed E-state index contributed by atoms with van der Waals surface area (Å²) in [6, 6.07) is 2.74. The van der Waals surface area contributed by atoms with Crippen LogP contribution in [-0.2, 0) is 0 Å². The summed E-state index contributed by atoms with van der Waals surface area (Å²) in [5, 5.41) is 20.5. The molecule has 0 radical (unpaired) electrons. The maximum Gasteiger partial charge on any atom is 0.272 e. The predicted octanol–water partition coefficient (Wildman–Crippen LogP) is 3.89. The van der Waals surface area contributed by atoms with Crippen LogP contribution >= 0.6 is 23.2 Å². The molecule has 5 nitrogen and oxygen atoms in total. The number of non-ortho nitro benzene ring substituents is 1. The van der Waals surface area contributed by atoms with E-state index in [2.05, 4.69) is 0 Å². The van der Waals surface area contributed by atoms with Crippen molar-refractivity contribution in [3.8, 4) is 0 Å². The van der Waals surface area contributed by atoms with E-state index in [1.165, 1.54) is 12.1 Å². The van der Waals surface area contributed by atoms with Gasteiger partial charge >= 0.3 is 0 Å². The maximum absolute atomic E-state index is 10.8. The molecule has 1 aromatic rings. The van der Waals surface area contributed by atoms with E-state index in [0.29, 0.717) is 12.2 Å². The lowest BCUT2D eigenvalue weighted by Gasteiger charge is -2.33. The second-order valence-corrected chi connectivity index (χ2v) is 5.22. The molecule has 0 spiro atoms. The molecule has 0 heterocycles. The average molecular weight is 321 g/mol. The molecule has 0 aromatic heterocycles. The number of aliphatic hydroxyl groups excluding tert-OH is 1. The lowest BCUT2D eigenvalue weighted by atomic mass is 10.1. The zero-order chi connectivity index (χ0) is 15.3. The van der Waals surface area contributed by atoms with Crippen LogP contribution in [0.4, 0.5) is 11.4 Å². The van der Waals surface area contributed by atoms with Gasteiger partial charge in [-0.05, 0) is 12.8 Å². The molecule has 0 saturated carbocycles.